The van der Waals surface area contributed by atoms with E-state index in [1.807, 2.05) is 12.1 Å². The number of carboxylic acid groups (broad SMARTS) is 1. The molecule has 182 valence electrons. The number of hydrogen-bond donors (Lipinski definition) is 7. The highest BCUT2D eigenvalue weighted by molar-refractivity contribution is 14.1. The molecule has 1 atom stereocenters. The first-order chi connectivity index (χ1) is 15.5. The van der Waals surface area contributed by atoms with Crippen LogP contribution in [0.3, 0.4) is 0 Å². The zero-order chi connectivity index (χ0) is 24.5. The SMILES string of the molecule is O=C(O)[C@@H](Cc1cc(I)c(Oc2ccc(O)cc2)c(I)c1)NCCN(CC(O)O)CC(O)O. The number of carboxylic acids is 1. The molecule has 0 saturated carbocycles. The molecule has 0 aliphatic rings. The fourth-order valence-corrected chi connectivity index (χ4v) is 5.18. The highest BCUT2D eigenvalue weighted by Crippen LogP contribution is 2.33. The van der Waals surface area contributed by atoms with Gasteiger partial charge < -0.3 is 40.7 Å². The van der Waals surface area contributed by atoms with Gasteiger partial charge in [-0.15, -0.1) is 0 Å². The fraction of sp³-hybridized carbons (Fsp3) is 0.381. The van der Waals surface area contributed by atoms with Crippen molar-refractivity contribution in [1.29, 1.82) is 0 Å². The maximum atomic E-state index is 11.8. The molecule has 0 heterocycles. The summed E-state index contributed by atoms with van der Waals surface area (Å²) in [6.07, 6.45) is -3.09. The van der Waals surface area contributed by atoms with Crippen molar-refractivity contribution in [2.75, 3.05) is 26.2 Å². The van der Waals surface area contributed by atoms with Gasteiger partial charge in [0.2, 0.25) is 0 Å². The normalized spacial score (nSPS) is 12.5. The summed E-state index contributed by atoms with van der Waals surface area (Å²) in [4.78, 5) is 13.2. The van der Waals surface area contributed by atoms with Crippen LogP contribution in [0.4, 0.5) is 0 Å². The molecule has 0 aliphatic carbocycles. The van der Waals surface area contributed by atoms with Crippen LogP contribution in [-0.4, -0.2) is 86.3 Å². The fourth-order valence-electron chi connectivity index (χ4n) is 3.06. The number of benzene rings is 2. The van der Waals surface area contributed by atoms with Crippen molar-refractivity contribution in [1.82, 2.24) is 10.2 Å². The van der Waals surface area contributed by atoms with Crippen LogP contribution in [0, 0.1) is 7.14 Å². The molecule has 0 aliphatic heterocycles. The minimum atomic E-state index is -1.65. The van der Waals surface area contributed by atoms with E-state index in [1.54, 1.807) is 12.1 Å². The number of carbonyl (C=O) groups is 1. The third-order valence-corrected chi connectivity index (χ3v) is 6.12. The zero-order valence-electron chi connectivity index (χ0n) is 17.4. The molecular weight excluding hydrogens is 662 g/mol. The number of rotatable bonds is 13. The molecule has 0 unspecified atom stereocenters. The van der Waals surface area contributed by atoms with Gasteiger partial charge in [-0.3, -0.25) is 9.69 Å². The first-order valence-corrected chi connectivity index (χ1v) is 12.1. The number of aliphatic hydroxyl groups excluding tert-OH is 2. The van der Waals surface area contributed by atoms with Crippen molar-refractivity contribution in [3.05, 3.63) is 49.1 Å². The number of nitrogens with one attached hydrogen (secondary N) is 1. The maximum Gasteiger partial charge on any atom is 0.321 e. The molecule has 10 nitrogen and oxygen atoms in total. The van der Waals surface area contributed by atoms with Crippen molar-refractivity contribution in [2.45, 2.75) is 25.0 Å². The van der Waals surface area contributed by atoms with Gasteiger partial charge in [0, 0.05) is 26.2 Å². The van der Waals surface area contributed by atoms with Crippen LogP contribution in [0.1, 0.15) is 5.56 Å². The quantitative estimate of drug-likeness (QED) is 0.119. The molecule has 7 N–H and O–H groups in total. The first kappa shape index (κ1) is 28.0. The van der Waals surface area contributed by atoms with E-state index in [1.165, 1.54) is 17.0 Å². The summed E-state index contributed by atoms with van der Waals surface area (Å²) < 4.78 is 7.51. The minimum absolute atomic E-state index is 0.137. The number of aliphatic carboxylic acids is 1. The smallest absolute Gasteiger partial charge is 0.321 e. The van der Waals surface area contributed by atoms with Gasteiger partial charge in [0.1, 0.15) is 17.5 Å². The Morgan fingerprint density at radius 2 is 1.55 bits per heavy atom. The van der Waals surface area contributed by atoms with E-state index in [4.69, 9.17) is 25.2 Å². The average Bonchev–Trinajstić information content (AvgIpc) is 2.70. The van der Waals surface area contributed by atoms with Crippen LogP contribution >= 0.6 is 45.2 Å². The van der Waals surface area contributed by atoms with Gasteiger partial charge in [-0.1, -0.05) is 0 Å². The summed E-state index contributed by atoms with van der Waals surface area (Å²) in [5, 5.41) is 58.4. The maximum absolute atomic E-state index is 11.8. The molecule has 0 radical (unpaired) electrons. The second-order valence-corrected chi connectivity index (χ2v) is 9.58. The Balaban J connectivity index is 2.03. The number of aliphatic hydroxyl groups is 4. The molecule has 0 amide bonds. The summed E-state index contributed by atoms with van der Waals surface area (Å²) in [6.45, 7) is -0.0218. The molecule has 0 aromatic heterocycles. The summed E-state index contributed by atoms with van der Waals surface area (Å²) in [7, 11) is 0. The molecule has 0 fully saturated rings. The van der Waals surface area contributed by atoms with E-state index in [0.29, 0.717) is 11.5 Å². The van der Waals surface area contributed by atoms with Gasteiger partial charge in [-0.05, 0) is 93.6 Å². The van der Waals surface area contributed by atoms with Crippen molar-refractivity contribution < 1.29 is 40.2 Å². The van der Waals surface area contributed by atoms with E-state index in [0.717, 1.165) is 12.7 Å². The van der Waals surface area contributed by atoms with Crippen molar-refractivity contribution in [3.8, 4) is 17.2 Å². The molecule has 0 spiro atoms. The van der Waals surface area contributed by atoms with Gasteiger partial charge in [0.25, 0.3) is 0 Å². The molecule has 33 heavy (non-hydrogen) atoms. The van der Waals surface area contributed by atoms with Crippen LogP contribution in [0.15, 0.2) is 36.4 Å². The first-order valence-electron chi connectivity index (χ1n) is 9.90. The van der Waals surface area contributed by atoms with Crippen LogP contribution in [0.25, 0.3) is 0 Å². The van der Waals surface area contributed by atoms with Gasteiger partial charge in [0.05, 0.1) is 7.14 Å². The molecule has 2 aromatic carbocycles. The average molecular weight is 688 g/mol. The molecule has 0 bridgehead atoms. The Morgan fingerprint density at radius 3 is 2.03 bits per heavy atom. The molecule has 2 rings (SSSR count). The second kappa shape index (κ2) is 13.6. The number of nitrogens with zero attached hydrogens (tertiary/aromatic N) is 1. The van der Waals surface area contributed by atoms with Crippen LogP contribution < -0.4 is 10.1 Å². The van der Waals surface area contributed by atoms with Crippen molar-refractivity contribution in [2.24, 2.45) is 0 Å². The van der Waals surface area contributed by atoms with Gasteiger partial charge in [-0.25, -0.2) is 0 Å². The lowest BCUT2D eigenvalue weighted by molar-refractivity contribution is -0.139. The highest BCUT2D eigenvalue weighted by atomic mass is 127. The Bertz CT molecular complexity index is 879. The van der Waals surface area contributed by atoms with Crippen LogP contribution in [-0.2, 0) is 11.2 Å². The second-order valence-electron chi connectivity index (χ2n) is 7.25. The highest BCUT2D eigenvalue weighted by Gasteiger charge is 2.20. The van der Waals surface area contributed by atoms with Crippen LogP contribution in [0.5, 0.6) is 17.2 Å². The van der Waals surface area contributed by atoms with E-state index >= 15 is 0 Å². The third kappa shape index (κ3) is 9.86. The van der Waals surface area contributed by atoms with Crippen molar-refractivity contribution >= 4 is 51.2 Å². The number of aromatic hydroxyl groups is 1. The van der Waals surface area contributed by atoms with Crippen LogP contribution in [0.2, 0.25) is 0 Å². The Hall–Kier alpha value is -1.27. The van der Waals surface area contributed by atoms with Gasteiger partial charge in [0.15, 0.2) is 18.3 Å². The zero-order valence-corrected chi connectivity index (χ0v) is 21.7. The number of phenols is 1. The standard InChI is InChI=1S/C21H26I2N2O8/c22-15-7-12(8-16(23)20(15)33-14-3-1-13(26)2-4-14)9-17(21(31)32)24-5-6-25(10-18(27)28)11-19(29)30/h1-4,7-8,17-19,24,26-30H,5-6,9-11H2,(H,31,32)/t17-/m1/s1. The third-order valence-electron chi connectivity index (χ3n) is 4.51. The lowest BCUT2D eigenvalue weighted by Gasteiger charge is -2.25. The Kier molecular flexibility index (Phi) is 11.5. The molecule has 12 heteroatoms. The number of ether oxygens (including phenoxy) is 1. The summed E-state index contributed by atoms with van der Waals surface area (Å²) in [5.41, 5.74) is 0.787. The van der Waals surface area contributed by atoms with Gasteiger partial charge >= 0.3 is 5.97 Å². The number of halogens is 2. The minimum Gasteiger partial charge on any atom is -0.508 e. The van der Waals surface area contributed by atoms with Gasteiger partial charge in [-0.2, -0.15) is 0 Å². The topological polar surface area (TPSA) is 163 Å². The van der Waals surface area contributed by atoms with E-state index in [-0.39, 0.29) is 38.3 Å². The summed E-state index contributed by atoms with van der Waals surface area (Å²) >= 11 is 4.24. The van der Waals surface area contributed by atoms with E-state index < -0.39 is 24.6 Å². The summed E-state index contributed by atoms with van der Waals surface area (Å²) in [5.74, 6) is 0.288. The molecule has 0 saturated heterocycles. The predicted molar refractivity (Wildman–Crippen MR) is 136 cm³/mol. The Labute approximate surface area is 218 Å². The lowest BCUT2D eigenvalue weighted by Crippen LogP contribution is -2.45. The molecular formula is C21H26I2N2O8. The number of hydrogen-bond acceptors (Lipinski definition) is 9. The largest absolute Gasteiger partial charge is 0.508 e. The van der Waals surface area contributed by atoms with E-state index in [2.05, 4.69) is 50.5 Å². The Morgan fingerprint density at radius 1 is 1.00 bits per heavy atom. The van der Waals surface area contributed by atoms with Crippen molar-refractivity contribution in [3.63, 3.8) is 0 Å². The monoisotopic (exact) mass is 688 g/mol. The predicted octanol–water partition coefficient (Wildman–Crippen LogP) is 0.902. The summed E-state index contributed by atoms with van der Waals surface area (Å²) in [6, 6.07) is 9.12. The number of phenolic OH excluding ortho intramolecular Hbond substituents is 1. The lowest BCUT2D eigenvalue weighted by atomic mass is 10.1. The van der Waals surface area contributed by atoms with E-state index in [9.17, 15) is 15.0 Å². The molecule has 2 aromatic rings.